The van der Waals surface area contributed by atoms with Crippen molar-refractivity contribution in [1.82, 2.24) is 23.9 Å². The van der Waals surface area contributed by atoms with Crippen molar-refractivity contribution < 1.29 is 4.79 Å². The van der Waals surface area contributed by atoms with E-state index in [-0.39, 0.29) is 5.91 Å². The third-order valence-corrected chi connectivity index (χ3v) is 6.99. The van der Waals surface area contributed by atoms with E-state index in [0.717, 1.165) is 56.1 Å². The van der Waals surface area contributed by atoms with Gasteiger partial charge in [-0.15, -0.1) is 0 Å². The summed E-state index contributed by atoms with van der Waals surface area (Å²) in [6.45, 7) is 5.18. The van der Waals surface area contributed by atoms with Crippen LogP contribution in [0.25, 0.3) is 21.9 Å². The van der Waals surface area contributed by atoms with E-state index in [1.54, 1.807) is 0 Å². The van der Waals surface area contributed by atoms with Gasteiger partial charge in [0.25, 0.3) is 0 Å². The fourth-order valence-corrected chi connectivity index (χ4v) is 5.07. The molecule has 0 radical (unpaired) electrons. The molecule has 2 aromatic heterocycles. The van der Waals surface area contributed by atoms with Crippen LogP contribution in [-0.4, -0.2) is 56.0 Å². The van der Waals surface area contributed by atoms with Gasteiger partial charge in [0.15, 0.2) is 0 Å². The zero-order chi connectivity index (χ0) is 23.6. The number of fused-ring (bicyclic) bond motifs is 2. The summed E-state index contributed by atoms with van der Waals surface area (Å²) in [4.78, 5) is 22.4. The first kappa shape index (κ1) is 21.6. The Labute approximate surface area is 205 Å². The van der Waals surface area contributed by atoms with Crippen molar-refractivity contribution in [2.45, 2.75) is 19.6 Å². The maximum Gasteiger partial charge on any atom is 0.242 e. The monoisotopic (exact) mass is 463 g/mol. The highest BCUT2D eigenvalue weighted by Gasteiger charge is 2.23. The van der Waals surface area contributed by atoms with Crippen LogP contribution in [0, 0.1) is 0 Å². The SMILES string of the molecule is O=C(Cn1ccc2ccccc21)N1CCN(Cc2nc3ccccc3n2Cc2ccccc2)CC1. The number of aromatic nitrogens is 3. The number of piperazine rings is 1. The lowest BCUT2D eigenvalue weighted by Crippen LogP contribution is -2.49. The third kappa shape index (κ3) is 4.45. The molecule has 6 nitrogen and oxygen atoms in total. The molecular formula is C29H29N5O. The van der Waals surface area contributed by atoms with E-state index in [0.29, 0.717) is 6.54 Å². The molecule has 1 amide bonds. The number of nitrogens with zero attached hydrogens (tertiary/aromatic N) is 5. The lowest BCUT2D eigenvalue weighted by Gasteiger charge is -2.34. The molecule has 0 N–H and O–H groups in total. The highest BCUT2D eigenvalue weighted by molar-refractivity contribution is 5.83. The van der Waals surface area contributed by atoms with Crippen LogP contribution in [0.1, 0.15) is 11.4 Å². The molecule has 6 heteroatoms. The lowest BCUT2D eigenvalue weighted by atomic mass is 10.2. The van der Waals surface area contributed by atoms with Crippen molar-refractivity contribution in [2.24, 2.45) is 0 Å². The van der Waals surface area contributed by atoms with Crippen LogP contribution in [0.5, 0.6) is 0 Å². The zero-order valence-electron chi connectivity index (χ0n) is 19.8. The van der Waals surface area contributed by atoms with Gasteiger partial charge in [-0.1, -0.05) is 60.7 Å². The minimum Gasteiger partial charge on any atom is -0.339 e. The zero-order valence-corrected chi connectivity index (χ0v) is 19.8. The molecule has 5 aromatic rings. The molecule has 6 rings (SSSR count). The number of carbonyl (C=O) groups is 1. The molecule has 3 aromatic carbocycles. The number of imidazole rings is 1. The lowest BCUT2D eigenvalue weighted by molar-refractivity contribution is -0.133. The van der Waals surface area contributed by atoms with Gasteiger partial charge in [0.1, 0.15) is 12.4 Å². The Morgan fingerprint density at radius 1 is 0.743 bits per heavy atom. The van der Waals surface area contributed by atoms with Gasteiger partial charge >= 0.3 is 0 Å². The van der Waals surface area contributed by atoms with Crippen LogP contribution in [0.3, 0.4) is 0 Å². The summed E-state index contributed by atoms with van der Waals surface area (Å²) in [5.41, 5.74) is 4.58. The Morgan fingerprint density at radius 3 is 2.29 bits per heavy atom. The van der Waals surface area contributed by atoms with E-state index in [9.17, 15) is 4.79 Å². The van der Waals surface area contributed by atoms with E-state index >= 15 is 0 Å². The third-order valence-electron chi connectivity index (χ3n) is 6.99. The molecule has 0 spiro atoms. The standard InChI is InChI=1S/C29H29N5O/c35-29(22-33-15-14-24-10-4-6-12-26(24)33)32-18-16-31(17-19-32)21-28-30-25-11-5-7-13-27(25)34(28)20-23-8-2-1-3-9-23/h1-15H,16-22H2. The summed E-state index contributed by atoms with van der Waals surface area (Å²) in [5, 5.41) is 1.17. The Bertz CT molecular complexity index is 1460. The number of rotatable bonds is 6. The molecule has 176 valence electrons. The minimum absolute atomic E-state index is 0.183. The van der Waals surface area contributed by atoms with Crippen LogP contribution >= 0.6 is 0 Å². The molecule has 1 fully saturated rings. The molecule has 1 saturated heterocycles. The van der Waals surface area contributed by atoms with Crippen LogP contribution in [0.2, 0.25) is 0 Å². The number of benzene rings is 3. The Hall–Kier alpha value is -3.90. The van der Waals surface area contributed by atoms with Crippen molar-refractivity contribution in [3.63, 3.8) is 0 Å². The van der Waals surface area contributed by atoms with Gasteiger partial charge in [-0.05, 0) is 35.2 Å². The van der Waals surface area contributed by atoms with Gasteiger partial charge in [0.2, 0.25) is 5.91 Å². The molecule has 0 atom stereocenters. The first-order chi connectivity index (χ1) is 17.2. The highest BCUT2D eigenvalue weighted by Crippen LogP contribution is 2.20. The van der Waals surface area contributed by atoms with Gasteiger partial charge in [-0.3, -0.25) is 9.69 Å². The molecule has 1 aliphatic rings. The molecule has 35 heavy (non-hydrogen) atoms. The van der Waals surface area contributed by atoms with E-state index in [2.05, 4.69) is 80.8 Å². The fourth-order valence-electron chi connectivity index (χ4n) is 5.07. The second-order valence-corrected chi connectivity index (χ2v) is 9.25. The molecule has 0 saturated carbocycles. The van der Waals surface area contributed by atoms with Crippen molar-refractivity contribution >= 4 is 27.8 Å². The average molecular weight is 464 g/mol. The Balaban J connectivity index is 1.13. The van der Waals surface area contributed by atoms with Crippen LogP contribution < -0.4 is 0 Å². The first-order valence-electron chi connectivity index (χ1n) is 12.3. The highest BCUT2D eigenvalue weighted by atomic mass is 16.2. The maximum absolute atomic E-state index is 13.0. The summed E-state index contributed by atoms with van der Waals surface area (Å²) in [7, 11) is 0. The largest absolute Gasteiger partial charge is 0.339 e. The van der Waals surface area contributed by atoms with E-state index in [4.69, 9.17) is 4.98 Å². The van der Waals surface area contributed by atoms with E-state index < -0.39 is 0 Å². The number of hydrogen-bond donors (Lipinski definition) is 0. The number of carbonyl (C=O) groups excluding carboxylic acids is 1. The van der Waals surface area contributed by atoms with Crippen molar-refractivity contribution in [3.05, 3.63) is 103 Å². The molecular weight excluding hydrogens is 434 g/mol. The number of amides is 1. The normalized spacial score (nSPS) is 14.7. The molecule has 1 aliphatic heterocycles. The molecule has 0 unspecified atom stereocenters. The van der Waals surface area contributed by atoms with Crippen molar-refractivity contribution in [2.75, 3.05) is 26.2 Å². The summed E-state index contributed by atoms with van der Waals surface area (Å²) in [5.74, 6) is 1.26. The van der Waals surface area contributed by atoms with Gasteiger partial charge in [-0.25, -0.2) is 4.98 Å². The Morgan fingerprint density at radius 2 is 1.46 bits per heavy atom. The first-order valence-corrected chi connectivity index (χ1v) is 12.3. The summed E-state index contributed by atoms with van der Waals surface area (Å²) in [6.07, 6.45) is 2.01. The maximum atomic E-state index is 13.0. The van der Waals surface area contributed by atoms with E-state index in [1.165, 1.54) is 16.5 Å². The summed E-state index contributed by atoms with van der Waals surface area (Å²) in [6, 6.07) is 29.2. The quantitative estimate of drug-likeness (QED) is 0.375. The second-order valence-electron chi connectivity index (χ2n) is 9.25. The predicted octanol–water partition coefficient (Wildman–Crippen LogP) is 4.38. The Kier molecular flexibility index (Phi) is 5.80. The van der Waals surface area contributed by atoms with Crippen molar-refractivity contribution in [3.8, 4) is 0 Å². The second kappa shape index (κ2) is 9.39. The van der Waals surface area contributed by atoms with Gasteiger partial charge in [0.05, 0.1) is 17.6 Å². The smallest absolute Gasteiger partial charge is 0.242 e. The topological polar surface area (TPSA) is 46.3 Å². The van der Waals surface area contributed by atoms with Gasteiger partial charge in [0, 0.05) is 44.4 Å². The van der Waals surface area contributed by atoms with Crippen LogP contribution in [0.4, 0.5) is 0 Å². The fraction of sp³-hybridized carbons (Fsp3) is 0.241. The molecule has 3 heterocycles. The van der Waals surface area contributed by atoms with Gasteiger partial charge < -0.3 is 14.0 Å². The predicted molar refractivity (Wildman–Crippen MR) is 139 cm³/mol. The molecule has 0 bridgehead atoms. The van der Waals surface area contributed by atoms with Gasteiger partial charge in [-0.2, -0.15) is 0 Å². The van der Waals surface area contributed by atoms with Crippen LogP contribution in [-0.2, 0) is 24.4 Å². The number of para-hydroxylation sites is 3. The van der Waals surface area contributed by atoms with E-state index in [1.807, 2.05) is 29.3 Å². The van der Waals surface area contributed by atoms with Crippen LogP contribution in [0.15, 0.2) is 91.1 Å². The van der Waals surface area contributed by atoms with Crippen molar-refractivity contribution in [1.29, 1.82) is 0 Å². The summed E-state index contributed by atoms with van der Waals surface area (Å²) >= 11 is 0. The summed E-state index contributed by atoms with van der Waals surface area (Å²) < 4.78 is 4.38. The minimum atomic E-state index is 0.183. The molecule has 0 aliphatic carbocycles. The average Bonchev–Trinajstić information content (AvgIpc) is 3.46. The number of hydrogen-bond acceptors (Lipinski definition) is 3.